The third-order valence-electron chi connectivity index (χ3n) is 4.12. The van der Waals surface area contributed by atoms with Crippen LogP contribution in [0.1, 0.15) is 17.3 Å². The van der Waals surface area contributed by atoms with Crippen molar-refractivity contribution in [3.63, 3.8) is 0 Å². The molecule has 0 fully saturated rings. The number of nitrogens with zero attached hydrogens (tertiary/aromatic N) is 2. The molecule has 0 saturated heterocycles. The summed E-state index contributed by atoms with van der Waals surface area (Å²) in [5.41, 5.74) is 1.77. The Labute approximate surface area is 143 Å². The van der Waals surface area contributed by atoms with Crippen molar-refractivity contribution in [2.45, 2.75) is 13.5 Å². The first-order valence-corrected chi connectivity index (χ1v) is 8.75. The Hall–Kier alpha value is -2.72. The van der Waals surface area contributed by atoms with Gasteiger partial charge in [-0.25, -0.2) is 0 Å². The van der Waals surface area contributed by atoms with Gasteiger partial charge >= 0.3 is 0 Å². The molecule has 1 heterocycles. The summed E-state index contributed by atoms with van der Waals surface area (Å²) < 4.78 is 3.23. The number of hydrogen-bond acceptors (Lipinski definition) is 2. The van der Waals surface area contributed by atoms with Crippen molar-refractivity contribution in [1.82, 2.24) is 4.57 Å². The van der Waals surface area contributed by atoms with Crippen LogP contribution in [0.4, 0.5) is 0 Å². The van der Waals surface area contributed by atoms with E-state index in [0.29, 0.717) is 5.56 Å². The Balaban J connectivity index is 1.90. The van der Waals surface area contributed by atoms with Crippen molar-refractivity contribution < 1.29 is 4.79 Å². The molecule has 0 bridgehead atoms. The molecule has 0 spiro atoms. The average Bonchev–Trinajstić information content (AvgIpc) is 2.98. The number of amides is 1. The van der Waals surface area contributed by atoms with E-state index in [4.69, 9.17) is 0 Å². The highest BCUT2D eigenvalue weighted by Crippen LogP contribution is 2.20. The summed E-state index contributed by atoms with van der Waals surface area (Å²) in [7, 11) is 0. The zero-order valence-electron chi connectivity index (χ0n) is 13.3. The summed E-state index contributed by atoms with van der Waals surface area (Å²) >= 11 is 1.55. The first-order valence-electron chi connectivity index (χ1n) is 7.93. The largest absolute Gasteiger partial charge is 0.317 e. The maximum absolute atomic E-state index is 12.8. The van der Waals surface area contributed by atoms with Crippen LogP contribution in [-0.2, 0) is 6.54 Å². The maximum atomic E-state index is 12.8. The molecule has 0 N–H and O–H groups in total. The minimum Gasteiger partial charge on any atom is -0.317 e. The lowest BCUT2D eigenvalue weighted by Crippen LogP contribution is -2.16. The molecule has 118 valence electrons. The van der Waals surface area contributed by atoms with Gasteiger partial charge in [-0.15, -0.1) is 0 Å². The molecule has 4 rings (SSSR count). The van der Waals surface area contributed by atoms with Crippen LogP contribution in [0.5, 0.6) is 0 Å². The third kappa shape index (κ3) is 2.45. The van der Waals surface area contributed by atoms with Crippen LogP contribution >= 0.6 is 11.3 Å². The molecule has 4 heteroatoms. The van der Waals surface area contributed by atoms with E-state index < -0.39 is 0 Å². The molecule has 0 aliphatic rings. The fourth-order valence-corrected chi connectivity index (χ4v) is 4.06. The average molecular weight is 332 g/mol. The van der Waals surface area contributed by atoms with Crippen molar-refractivity contribution in [3.05, 3.63) is 77.1 Å². The van der Waals surface area contributed by atoms with Crippen LogP contribution in [-0.4, -0.2) is 10.5 Å². The number of benzene rings is 3. The minimum atomic E-state index is -0.194. The topological polar surface area (TPSA) is 34.4 Å². The SMILES string of the molecule is CCn1c(=NC(=O)c2cccc3ccccc23)sc2ccccc21. The fourth-order valence-electron chi connectivity index (χ4n) is 2.97. The Morgan fingerprint density at radius 1 is 1.00 bits per heavy atom. The number of carbonyl (C=O) groups is 1. The summed E-state index contributed by atoms with van der Waals surface area (Å²) in [4.78, 5) is 18.0. The number of para-hydroxylation sites is 1. The summed E-state index contributed by atoms with van der Waals surface area (Å²) in [6.45, 7) is 2.85. The quantitative estimate of drug-likeness (QED) is 0.527. The van der Waals surface area contributed by atoms with E-state index in [1.54, 1.807) is 11.3 Å². The second-order valence-electron chi connectivity index (χ2n) is 5.54. The zero-order chi connectivity index (χ0) is 16.5. The van der Waals surface area contributed by atoms with Gasteiger partial charge in [-0.3, -0.25) is 4.79 Å². The lowest BCUT2D eigenvalue weighted by molar-refractivity contribution is 0.0999. The van der Waals surface area contributed by atoms with Crippen LogP contribution in [0.25, 0.3) is 21.0 Å². The molecule has 0 saturated carbocycles. The van der Waals surface area contributed by atoms with Gasteiger partial charge in [0, 0.05) is 12.1 Å². The predicted octanol–water partition coefficient (Wildman–Crippen LogP) is 4.62. The Bertz CT molecular complexity index is 1120. The van der Waals surface area contributed by atoms with Crippen molar-refractivity contribution in [2.75, 3.05) is 0 Å². The van der Waals surface area contributed by atoms with Gasteiger partial charge in [-0.2, -0.15) is 4.99 Å². The summed E-state index contributed by atoms with van der Waals surface area (Å²) in [6.07, 6.45) is 0. The second-order valence-corrected chi connectivity index (χ2v) is 6.55. The minimum absolute atomic E-state index is 0.194. The third-order valence-corrected chi connectivity index (χ3v) is 5.18. The summed E-state index contributed by atoms with van der Waals surface area (Å²) in [6, 6.07) is 21.8. The maximum Gasteiger partial charge on any atom is 0.280 e. The predicted molar refractivity (Wildman–Crippen MR) is 99.3 cm³/mol. The Morgan fingerprint density at radius 2 is 1.75 bits per heavy atom. The number of carbonyl (C=O) groups excluding carboxylic acids is 1. The van der Waals surface area contributed by atoms with E-state index in [2.05, 4.69) is 28.6 Å². The lowest BCUT2D eigenvalue weighted by atomic mass is 10.0. The van der Waals surface area contributed by atoms with Crippen molar-refractivity contribution >= 4 is 38.2 Å². The monoisotopic (exact) mass is 332 g/mol. The van der Waals surface area contributed by atoms with Gasteiger partial charge in [0.2, 0.25) is 0 Å². The molecule has 1 aromatic heterocycles. The Morgan fingerprint density at radius 3 is 2.62 bits per heavy atom. The smallest absolute Gasteiger partial charge is 0.280 e. The molecule has 3 nitrogen and oxygen atoms in total. The number of hydrogen-bond donors (Lipinski definition) is 0. The molecule has 1 amide bonds. The van der Waals surface area contributed by atoms with Crippen LogP contribution in [0.2, 0.25) is 0 Å². The normalized spacial score (nSPS) is 12.1. The fraction of sp³-hybridized carbons (Fsp3) is 0.100. The Kier molecular flexibility index (Phi) is 3.75. The van der Waals surface area contributed by atoms with Gasteiger partial charge in [0.05, 0.1) is 10.2 Å². The van der Waals surface area contributed by atoms with Crippen molar-refractivity contribution in [2.24, 2.45) is 4.99 Å². The first kappa shape index (κ1) is 14.8. The molecule has 0 atom stereocenters. The molecule has 24 heavy (non-hydrogen) atoms. The van der Waals surface area contributed by atoms with Crippen LogP contribution in [0, 0.1) is 0 Å². The van der Waals surface area contributed by atoms with E-state index in [1.807, 2.05) is 54.6 Å². The highest BCUT2D eigenvalue weighted by Gasteiger charge is 2.10. The molecular formula is C20H16N2OS. The molecule has 3 aromatic carbocycles. The number of fused-ring (bicyclic) bond motifs is 2. The highest BCUT2D eigenvalue weighted by molar-refractivity contribution is 7.16. The first-order chi connectivity index (χ1) is 11.8. The number of aryl methyl sites for hydroxylation is 1. The van der Waals surface area contributed by atoms with E-state index >= 15 is 0 Å². The van der Waals surface area contributed by atoms with Crippen LogP contribution < -0.4 is 4.80 Å². The van der Waals surface area contributed by atoms with Crippen molar-refractivity contribution in [1.29, 1.82) is 0 Å². The second kappa shape index (κ2) is 6.06. The van der Waals surface area contributed by atoms with E-state index in [9.17, 15) is 4.79 Å². The van der Waals surface area contributed by atoms with E-state index in [1.165, 1.54) is 0 Å². The summed E-state index contributed by atoms with van der Waals surface area (Å²) in [5.74, 6) is -0.194. The molecule has 0 unspecified atom stereocenters. The van der Waals surface area contributed by atoms with Gasteiger partial charge in [0.15, 0.2) is 4.80 Å². The highest BCUT2D eigenvalue weighted by atomic mass is 32.1. The molecule has 0 aliphatic heterocycles. The van der Waals surface area contributed by atoms with Gasteiger partial charge in [-0.05, 0) is 35.9 Å². The lowest BCUT2D eigenvalue weighted by Gasteiger charge is -2.03. The van der Waals surface area contributed by atoms with Crippen molar-refractivity contribution in [3.8, 4) is 0 Å². The van der Waals surface area contributed by atoms with Crippen LogP contribution in [0.15, 0.2) is 71.7 Å². The molecule has 0 aliphatic carbocycles. The number of rotatable bonds is 2. The van der Waals surface area contributed by atoms with E-state index in [0.717, 1.165) is 32.3 Å². The molecule has 0 radical (unpaired) electrons. The van der Waals surface area contributed by atoms with Gasteiger partial charge < -0.3 is 4.57 Å². The van der Waals surface area contributed by atoms with Crippen LogP contribution in [0.3, 0.4) is 0 Å². The standard InChI is InChI=1S/C20H16N2OS/c1-2-22-17-12-5-6-13-18(17)24-20(22)21-19(23)16-11-7-9-14-8-3-4-10-15(14)16/h3-13H,2H2,1H3. The molecular weight excluding hydrogens is 316 g/mol. The summed E-state index contributed by atoms with van der Waals surface area (Å²) in [5, 5.41) is 2.00. The molecule has 4 aromatic rings. The van der Waals surface area contributed by atoms with Gasteiger partial charge in [0.25, 0.3) is 5.91 Å². The van der Waals surface area contributed by atoms with E-state index in [-0.39, 0.29) is 5.91 Å². The van der Waals surface area contributed by atoms with Gasteiger partial charge in [-0.1, -0.05) is 59.9 Å². The zero-order valence-corrected chi connectivity index (χ0v) is 14.1. The number of thiazole rings is 1. The number of aromatic nitrogens is 1. The van der Waals surface area contributed by atoms with Gasteiger partial charge in [0.1, 0.15) is 0 Å².